The number of nitrogens with two attached hydrogens (primary N) is 1. The predicted octanol–water partition coefficient (Wildman–Crippen LogP) is 2.45. The first-order chi connectivity index (χ1) is 6.58. The molecule has 1 unspecified atom stereocenters. The monoisotopic (exact) mass is 199 g/mol. The molecule has 3 N–H and O–H groups in total. The van der Waals surface area contributed by atoms with Crippen LogP contribution in [-0.2, 0) is 0 Å². The number of aliphatic hydroxyl groups is 1. The van der Waals surface area contributed by atoms with E-state index in [1.165, 1.54) is 12.8 Å². The summed E-state index contributed by atoms with van der Waals surface area (Å²) in [5.74, 6) is 0. The molecule has 1 aliphatic carbocycles. The third kappa shape index (κ3) is 2.12. The average Bonchev–Trinajstić information content (AvgIpc) is 2.43. The average molecular weight is 199 g/mol. The lowest BCUT2D eigenvalue weighted by Gasteiger charge is -2.44. The van der Waals surface area contributed by atoms with Crippen LogP contribution in [0.1, 0.15) is 58.8 Å². The highest BCUT2D eigenvalue weighted by atomic mass is 16.3. The maximum Gasteiger partial charge on any atom is 0.0713 e. The predicted molar refractivity (Wildman–Crippen MR) is 60.1 cm³/mol. The third-order valence-electron chi connectivity index (χ3n) is 4.29. The van der Waals surface area contributed by atoms with Gasteiger partial charge in [-0.3, -0.25) is 0 Å². The molecule has 0 spiro atoms. The summed E-state index contributed by atoms with van der Waals surface area (Å²) in [6.45, 7) is 4.87. The van der Waals surface area contributed by atoms with E-state index in [2.05, 4.69) is 13.8 Å². The minimum Gasteiger partial charge on any atom is -0.389 e. The van der Waals surface area contributed by atoms with Crippen molar-refractivity contribution in [3.05, 3.63) is 0 Å². The highest BCUT2D eigenvalue weighted by Gasteiger charge is 2.44. The minimum absolute atomic E-state index is 0.0860. The molecule has 2 nitrogen and oxygen atoms in total. The van der Waals surface area contributed by atoms with Crippen molar-refractivity contribution in [1.82, 2.24) is 0 Å². The lowest BCUT2D eigenvalue weighted by atomic mass is 9.67. The first-order valence-corrected chi connectivity index (χ1v) is 6.00. The Morgan fingerprint density at radius 1 is 1.21 bits per heavy atom. The largest absolute Gasteiger partial charge is 0.389 e. The Hall–Kier alpha value is -0.0800. The smallest absolute Gasteiger partial charge is 0.0713 e. The molecule has 1 atom stereocenters. The summed E-state index contributed by atoms with van der Waals surface area (Å²) in [6, 6.07) is 0. The zero-order valence-electron chi connectivity index (χ0n) is 9.68. The van der Waals surface area contributed by atoms with Gasteiger partial charge in [0.1, 0.15) is 0 Å². The van der Waals surface area contributed by atoms with E-state index in [0.717, 1.165) is 32.1 Å². The van der Waals surface area contributed by atoms with E-state index >= 15 is 0 Å². The van der Waals surface area contributed by atoms with Crippen LogP contribution in [0.5, 0.6) is 0 Å². The van der Waals surface area contributed by atoms with Crippen LogP contribution in [0.2, 0.25) is 0 Å². The first kappa shape index (κ1) is 12.0. The third-order valence-corrected chi connectivity index (χ3v) is 4.29. The van der Waals surface area contributed by atoms with Gasteiger partial charge in [-0.15, -0.1) is 0 Å². The van der Waals surface area contributed by atoms with Crippen LogP contribution >= 0.6 is 0 Å². The lowest BCUT2D eigenvalue weighted by molar-refractivity contribution is -0.0849. The molecule has 1 rings (SSSR count). The molecule has 0 amide bonds. The molecule has 0 heterocycles. The van der Waals surface area contributed by atoms with Crippen molar-refractivity contribution in [2.45, 2.75) is 64.4 Å². The Kier molecular flexibility index (Phi) is 3.96. The molecule has 1 aliphatic rings. The molecular formula is C12H25NO. The number of rotatable bonds is 3. The minimum atomic E-state index is -0.507. The Labute approximate surface area is 87.9 Å². The van der Waals surface area contributed by atoms with Crippen LogP contribution < -0.4 is 5.73 Å². The van der Waals surface area contributed by atoms with Gasteiger partial charge in [0.05, 0.1) is 5.60 Å². The molecule has 84 valence electrons. The van der Waals surface area contributed by atoms with Gasteiger partial charge in [-0.2, -0.15) is 0 Å². The van der Waals surface area contributed by atoms with Crippen LogP contribution in [-0.4, -0.2) is 17.3 Å². The quantitative estimate of drug-likeness (QED) is 0.686. The van der Waals surface area contributed by atoms with Crippen molar-refractivity contribution < 1.29 is 5.11 Å². The molecule has 0 bridgehead atoms. The van der Waals surface area contributed by atoms with Crippen molar-refractivity contribution in [1.29, 1.82) is 0 Å². The fourth-order valence-electron chi connectivity index (χ4n) is 2.58. The van der Waals surface area contributed by atoms with E-state index in [1.54, 1.807) is 0 Å². The Morgan fingerprint density at radius 2 is 1.71 bits per heavy atom. The molecular weight excluding hydrogens is 174 g/mol. The van der Waals surface area contributed by atoms with E-state index in [0.29, 0.717) is 6.54 Å². The molecule has 0 radical (unpaired) electrons. The lowest BCUT2D eigenvalue weighted by Crippen LogP contribution is -2.50. The van der Waals surface area contributed by atoms with Crippen molar-refractivity contribution in [2.24, 2.45) is 11.1 Å². The second-order valence-corrected chi connectivity index (χ2v) is 5.06. The van der Waals surface area contributed by atoms with Crippen LogP contribution in [0.4, 0.5) is 0 Å². The molecule has 0 aromatic heterocycles. The summed E-state index contributed by atoms with van der Waals surface area (Å²) < 4.78 is 0. The van der Waals surface area contributed by atoms with E-state index < -0.39 is 5.60 Å². The fraction of sp³-hybridized carbons (Fsp3) is 1.00. The number of hydrogen-bond acceptors (Lipinski definition) is 2. The Morgan fingerprint density at radius 3 is 2.07 bits per heavy atom. The van der Waals surface area contributed by atoms with Crippen molar-refractivity contribution >= 4 is 0 Å². The van der Waals surface area contributed by atoms with Crippen LogP contribution in [0.3, 0.4) is 0 Å². The van der Waals surface area contributed by atoms with Gasteiger partial charge in [0, 0.05) is 12.0 Å². The number of hydrogen-bond donors (Lipinski definition) is 2. The standard InChI is InChI=1S/C12H25NO/c1-3-11(2,10-13)12(14)8-6-4-5-7-9-12/h14H,3-10,13H2,1-2H3. The van der Waals surface area contributed by atoms with Gasteiger partial charge < -0.3 is 10.8 Å². The van der Waals surface area contributed by atoms with Gasteiger partial charge in [0.25, 0.3) is 0 Å². The van der Waals surface area contributed by atoms with Crippen molar-refractivity contribution in [3.63, 3.8) is 0 Å². The van der Waals surface area contributed by atoms with Gasteiger partial charge in [0.15, 0.2) is 0 Å². The SMILES string of the molecule is CCC(C)(CN)C1(O)CCCCCC1. The van der Waals surface area contributed by atoms with E-state index in [-0.39, 0.29) is 5.41 Å². The molecule has 14 heavy (non-hydrogen) atoms. The van der Waals surface area contributed by atoms with E-state index in [9.17, 15) is 5.11 Å². The molecule has 1 fully saturated rings. The molecule has 0 saturated heterocycles. The fourth-order valence-corrected chi connectivity index (χ4v) is 2.58. The van der Waals surface area contributed by atoms with Gasteiger partial charge in [-0.05, 0) is 19.3 Å². The summed E-state index contributed by atoms with van der Waals surface area (Å²) in [5.41, 5.74) is 5.23. The Balaban J connectivity index is 2.78. The van der Waals surface area contributed by atoms with Crippen molar-refractivity contribution in [3.8, 4) is 0 Å². The zero-order chi connectivity index (χ0) is 10.7. The molecule has 1 saturated carbocycles. The normalized spacial score (nSPS) is 26.6. The molecule has 0 aliphatic heterocycles. The maximum absolute atomic E-state index is 10.7. The molecule has 0 aromatic carbocycles. The van der Waals surface area contributed by atoms with Gasteiger partial charge >= 0.3 is 0 Å². The van der Waals surface area contributed by atoms with Crippen LogP contribution in [0, 0.1) is 5.41 Å². The zero-order valence-corrected chi connectivity index (χ0v) is 9.68. The second kappa shape index (κ2) is 4.63. The highest BCUT2D eigenvalue weighted by molar-refractivity contribution is 4.96. The maximum atomic E-state index is 10.7. The van der Waals surface area contributed by atoms with Gasteiger partial charge in [-0.25, -0.2) is 0 Å². The summed E-state index contributed by atoms with van der Waals surface area (Å²) in [7, 11) is 0. The second-order valence-electron chi connectivity index (χ2n) is 5.06. The first-order valence-electron chi connectivity index (χ1n) is 6.00. The van der Waals surface area contributed by atoms with Crippen molar-refractivity contribution in [2.75, 3.05) is 6.54 Å². The van der Waals surface area contributed by atoms with Crippen LogP contribution in [0.15, 0.2) is 0 Å². The van der Waals surface area contributed by atoms with Gasteiger partial charge in [-0.1, -0.05) is 39.5 Å². The summed E-state index contributed by atoms with van der Waals surface area (Å²) in [6.07, 6.45) is 7.71. The molecule has 2 heteroatoms. The van der Waals surface area contributed by atoms with Gasteiger partial charge in [0.2, 0.25) is 0 Å². The van der Waals surface area contributed by atoms with E-state index in [4.69, 9.17) is 5.73 Å². The summed E-state index contributed by atoms with van der Waals surface area (Å²) in [4.78, 5) is 0. The van der Waals surface area contributed by atoms with Crippen LogP contribution in [0.25, 0.3) is 0 Å². The Bertz CT molecular complexity index is 167. The molecule has 0 aromatic rings. The summed E-state index contributed by atoms with van der Waals surface area (Å²) in [5, 5.41) is 10.7. The summed E-state index contributed by atoms with van der Waals surface area (Å²) >= 11 is 0. The highest BCUT2D eigenvalue weighted by Crippen LogP contribution is 2.42. The van der Waals surface area contributed by atoms with E-state index in [1.807, 2.05) is 0 Å². The topological polar surface area (TPSA) is 46.2 Å².